The second kappa shape index (κ2) is 8.26. The summed E-state index contributed by atoms with van der Waals surface area (Å²) in [7, 11) is 0. The zero-order chi connectivity index (χ0) is 19.6. The van der Waals surface area contributed by atoms with Crippen LogP contribution >= 0.6 is 11.8 Å². The monoisotopic (exact) mass is 388 g/mol. The van der Waals surface area contributed by atoms with Gasteiger partial charge in [-0.05, 0) is 37.3 Å². The smallest absolute Gasteiger partial charge is 0.255 e. The van der Waals surface area contributed by atoms with Crippen LogP contribution in [0.1, 0.15) is 68.8 Å². The minimum absolute atomic E-state index is 0.00610. The van der Waals surface area contributed by atoms with Crippen LogP contribution in [0.15, 0.2) is 24.3 Å². The third-order valence-electron chi connectivity index (χ3n) is 5.53. The molecular weight excluding hydrogens is 356 g/mol. The molecule has 1 saturated carbocycles. The first-order valence-corrected chi connectivity index (χ1v) is 11.1. The summed E-state index contributed by atoms with van der Waals surface area (Å²) in [5, 5.41) is 3.23. The molecule has 4 nitrogen and oxygen atoms in total. The van der Waals surface area contributed by atoms with Crippen molar-refractivity contribution in [2.45, 2.75) is 77.3 Å². The van der Waals surface area contributed by atoms with Gasteiger partial charge in [0.1, 0.15) is 6.04 Å². The summed E-state index contributed by atoms with van der Waals surface area (Å²) >= 11 is 1.73. The zero-order valence-electron chi connectivity index (χ0n) is 17.0. The molecule has 3 rings (SSSR count). The second-order valence-corrected chi connectivity index (χ2v) is 10.1. The van der Waals surface area contributed by atoms with Crippen molar-refractivity contribution in [3.05, 3.63) is 35.4 Å². The summed E-state index contributed by atoms with van der Waals surface area (Å²) in [6, 6.07) is 7.53. The minimum atomic E-state index is -0.394. The molecule has 148 valence electrons. The van der Waals surface area contributed by atoms with Crippen LogP contribution in [0.5, 0.6) is 0 Å². The first kappa shape index (κ1) is 20.2. The molecule has 1 aromatic carbocycles. The van der Waals surface area contributed by atoms with E-state index in [1.165, 1.54) is 19.3 Å². The molecule has 0 aromatic heterocycles. The third kappa shape index (κ3) is 4.68. The molecule has 2 aliphatic rings. The maximum Gasteiger partial charge on any atom is 0.255 e. The van der Waals surface area contributed by atoms with Gasteiger partial charge in [-0.2, -0.15) is 0 Å². The highest BCUT2D eigenvalue weighted by molar-refractivity contribution is 8.00. The van der Waals surface area contributed by atoms with Crippen molar-refractivity contribution in [1.29, 1.82) is 0 Å². The van der Waals surface area contributed by atoms with E-state index in [4.69, 9.17) is 0 Å². The van der Waals surface area contributed by atoms with Gasteiger partial charge in [0.15, 0.2) is 0 Å². The zero-order valence-corrected chi connectivity index (χ0v) is 17.8. The van der Waals surface area contributed by atoms with Crippen molar-refractivity contribution in [2.24, 2.45) is 5.41 Å². The summed E-state index contributed by atoms with van der Waals surface area (Å²) in [6.45, 7) is 8.43. The van der Waals surface area contributed by atoms with E-state index in [2.05, 4.69) is 26.1 Å². The van der Waals surface area contributed by atoms with Crippen molar-refractivity contribution in [1.82, 2.24) is 10.2 Å². The largest absolute Gasteiger partial charge is 0.352 e. The number of amides is 2. The summed E-state index contributed by atoms with van der Waals surface area (Å²) in [5.41, 5.74) is 1.69. The van der Waals surface area contributed by atoms with Gasteiger partial charge < -0.3 is 10.2 Å². The molecule has 1 aliphatic carbocycles. The number of rotatable bonds is 3. The highest BCUT2D eigenvalue weighted by Gasteiger charge is 2.46. The standard InChI is InChI=1S/C22H32N2O2S/c1-15-10-12-16(13-11-15)20(26)24-18(14-27-21(24)22(2,3)4)19(25)23-17-8-6-5-7-9-17/h10-13,17-18,21H,5-9,14H2,1-4H3,(H,23,25). The van der Waals surface area contributed by atoms with Crippen molar-refractivity contribution in [3.63, 3.8) is 0 Å². The highest BCUT2D eigenvalue weighted by Crippen LogP contribution is 2.41. The van der Waals surface area contributed by atoms with Crippen LogP contribution in [0.4, 0.5) is 0 Å². The van der Waals surface area contributed by atoms with E-state index >= 15 is 0 Å². The van der Waals surface area contributed by atoms with E-state index < -0.39 is 6.04 Å². The summed E-state index contributed by atoms with van der Waals surface area (Å²) in [4.78, 5) is 28.3. The van der Waals surface area contributed by atoms with Gasteiger partial charge in [0.05, 0.1) is 5.37 Å². The van der Waals surface area contributed by atoms with Gasteiger partial charge in [0.25, 0.3) is 5.91 Å². The Kier molecular flexibility index (Phi) is 6.19. The topological polar surface area (TPSA) is 49.4 Å². The molecule has 1 aromatic rings. The van der Waals surface area contributed by atoms with Gasteiger partial charge >= 0.3 is 0 Å². The molecule has 0 radical (unpaired) electrons. The van der Waals surface area contributed by atoms with Gasteiger partial charge in [-0.15, -0.1) is 11.8 Å². The van der Waals surface area contributed by atoms with E-state index in [0.29, 0.717) is 11.3 Å². The van der Waals surface area contributed by atoms with Gasteiger partial charge in [0, 0.05) is 17.4 Å². The molecule has 2 fully saturated rings. The number of hydrogen-bond acceptors (Lipinski definition) is 3. The van der Waals surface area contributed by atoms with Gasteiger partial charge in [0.2, 0.25) is 5.91 Å². The summed E-state index contributed by atoms with van der Waals surface area (Å²) in [5.74, 6) is 0.642. The predicted octanol–water partition coefficient (Wildman–Crippen LogP) is 4.37. The van der Waals surface area contributed by atoms with E-state index in [1.54, 1.807) is 11.8 Å². The van der Waals surface area contributed by atoms with Gasteiger partial charge in [-0.1, -0.05) is 57.7 Å². The molecule has 2 unspecified atom stereocenters. The Labute approximate surface area is 167 Å². The molecule has 0 spiro atoms. The number of benzene rings is 1. The Morgan fingerprint density at radius 3 is 2.30 bits per heavy atom. The maximum absolute atomic E-state index is 13.4. The number of nitrogens with zero attached hydrogens (tertiary/aromatic N) is 1. The molecule has 2 amide bonds. The average molecular weight is 389 g/mol. The van der Waals surface area contributed by atoms with Crippen LogP contribution in [-0.4, -0.2) is 39.9 Å². The molecule has 27 heavy (non-hydrogen) atoms. The second-order valence-electron chi connectivity index (χ2n) is 8.99. The van der Waals surface area contributed by atoms with Crippen LogP contribution in [0, 0.1) is 12.3 Å². The average Bonchev–Trinajstić information content (AvgIpc) is 3.08. The molecule has 1 saturated heterocycles. The minimum Gasteiger partial charge on any atom is -0.352 e. The Bertz CT molecular complexity index is 675. The molecule has 1 N–H and O–H groups in total. The van der Waals surface area contributed by atoms with E-state index in [1.807, 2.05) is 36.1 Å². The van der Waals surface area contributed by atoms with Crippen LogP contribution in [0.2, 0.25) is 0 Å². The number of nitrogens with one attached hydrogen (secondary N) is 1. The lowest BCUT2D eigenvalue weighted by Gasteiger charge is -2.37. The molecule has 5 heteroatoms. The molecule has 1 heterocycles. The Morgan fingerprint density at radius 1 is 1.07 bits per heavy atom. The van der Waals surface area contributed by atoms with Crippen molar-refractivity contribution in [3.8, 4) is 0 Å². The van der Waals surface area contributed by atoms with Crippen molar-refractivity contribution in [2.75, 3.05) is 5.75 Å². The Balaban J connectivity index is 1.82. The number of carbonyl (C=O) groups excluding carboxylic acids is 2. The fourth-order valence-electron chi connectivity index (χ4n) is 4.01. The summed E-state index contributed by atoms with van der Waals surface area (Å²) < 4.78 is 0. The fraction of sp³-hybridized carbons (Fsp3) is 0.636. The van der Waals surface area contributed by atoms with Crippen LogP contribution in [-0.2, 0) is 4.79 Å². The maximum atomic E-state index is 13.4. The highest BCUT2D eigenvalue weighted by atomic mass is 32.2. The van der Waals surface area contributed by atoms with E-state index in [9.17, 15) is 9.59 Å². The third-order valence-corrected chi connectivity index (χ3v) is 7.29. The van der Waals surface area contributed by atoms with Crippen molar-refractivity contribution < 1.29 is 9.59 Å². The Morgan fingerprint density at radius 2 is 1.70 bits per heavy atom. The number of carbonyl (C=O) groups is 2. The lowest BCUT2D eigenvalue weighted by molar-refractivity contribution is -0.126. The van der Waals surface area contributed by atoms with Crippen LogP contribution < -0.4 is 5.32 Å². The molecule has 0 bridgehead atoms. The van der Waals surface area contributed by atoms with E-state index in [-0.39, 0.29) is 28.6 Å². The van der Waals surface area contributed by atoms with Crippen LogP contribution in [0.3, 0.4) is 0 Å². The quantitative estimate of drug-likeness (QED) is 0.836. The fourth-order valence-corrected chi connectivity index (χ4v) is 5.59. The van der Waals surface area contributed by atoms with Gasteiger partial charge in [-0.25, -0.2) is 0 Å². The SMILES string of the molecule is Cc1ccc(C(=O)N2C(C(=O)NC3CCCCC3)CSC2C(C)(C)C)cc1. The van der Waals surface area contributed by atoms with Crippen molar-refractivity contribution >= 4 is 23.6 Å². The predicted molar refractivity (Wildman–Crippen MR) is 112 cm³/mol. The first-order valence-electron chi connectivity index (χ1n) is 10.1. The number of thioether (sulfide) groups is 1. The molecule has 2 atom stereocenters. The summed E-state index contributed by atoms with van der Waals surface area (Å²) in [6.07, 6.45) is 5.73. The first-order chi connectivity index (χ1) is 12.8. The number of aryl methyl sites for hydroxylation is 1. The van der Waals surface area contributed by atoms with Crippen LogP contribution in [0.25, 0.3) is 0 Å². The van der Waals surface area contributed by atoms with E-state index in [0.717, 1.165) is 18.4 Å². The Hall–Kier alpha value is -1.49. The normalized spacial score (nSPS) is 24.1. The molecular formula is C22H32N2O2S. The van der Waals surface area contributed by atoms with Gasteiger partial charge in [-0.3, -0.25) is 9.59 Å². The number of hydrogen-bond donors (Lipinski definition) is 1. The molecule has 1 aliphatic heterocycles. The lowest BCUT2D eigenvalue weighted by Crippen LogP contribution is -2.54. The lowest BCUT2D eigenvalue weighted by atomic mass is 9.93.